The Hall–Kier alpha value is -1.49. The molecule has 0 aliphatic carbocycles. The predicted molar refractivity (Wildman–Crippen MR) is 73.9 cm³/mol. The van der Waals surface area contributed by atoms with Gasteiger partial charge in [-0.3, -0.25) is 9.59 Å². The number of hydrogen-bond acceptors (Lipinski definition) is 3. The number of aryl methyl sites for hydroxylation is 1. The van der Waals surface area contributed by atoms with Crippen LogP contribution in [0.25, 0.3) is 0 Å². The number of benzene rings is 1. The molecule has 18 heavy (non-hydrogen) atoms. The van der Waals surface area contributed by atoms with Gasteiger partial charge in [-0.1, -0.05) is 24.6 Å². The summed E-state index contributed by atoms with van der Waals surface area (Å²) in [5.74, 6) is -0.660. The second-order valence-electron chi connectivity index (χ2n) is 4.17. The number of thioether (sulfide) groups is 1. The Kier molecular flexibility index (Phi) is 5.71. The van der Waals surface area contributed by atoms with E-state index in [4.69, 9.17) is 5.11 Å². The highest BCUT2D eigenvalue weighted by atomic mass is 32.2. The first-order chi connectivity index (χ1) is 8.49. The molecular formula is C13H17NO3S. The van der Waals surface area contributed by atoms with Crippen molar-refractivity contribution in [1.82, 2.24) is 0 Å². The third-order valence-corrected chi connectivity index (χ3v) is 3.56. The maximum Gasteiger partial charge on any atom is 0.307 e. The second-order valence-corrected chi connectivity index (χ2v) is 5.20. The van der Waals surface area contributed by atoms with Gasteiger partial charge >= 0.3 is 5.97 Å². The van der Waals surface area contributed by atoms with Crippen LogP contribution in [0.2, 0.25) is 0 Å². The van der Waals surface area contributed by atoms with E-state index < -0.39 is 11.9 Å². The normalized spacial score (nSPS) is 11.9. The van der Waals surface area contributed by atoms with E-state index in [1.165, 1.54) is 11.8 Å². The van der Waals surface area contributed by atoms with E-state index in [1.807, 2.05) is 31.2 Å². The number of hydrogen-bond donors (Lipinski definition) is 2. The Morgan fingerprint density at radius 2 is 1.94 bits per heavy atom. The predicted octanol–water partition coefficient (Wildman–Crippen LogP) is 2.39. The third kappa shape index (κ3) is 5.23. The number of carboxylic acids is 1. The topological polar surface area (TPSA) is 66.4 Å². The van der Waals surface area contributed by atoms with Crippen LogP contribution in [0, 0.1) is 12.8 Å². The Bertz CT molecular complexity index is 417. The molecule has 1 atom stereocenters. The minimum atomic E-state index is -0.832. The van der Waals surface area contributed by atoms with E-state index in [1.54, 1.807) is 6.92 Å². The lowest BCUT2D eigenvalue weighted by Gasteiger charge is -2.07. The van der Waals surface area contributed by atoms with E-state index in [9.17, 15) is 9.59 Å². The number of carbonyl (C=O) groups is 2. The molecule has 0 fully saturated rings. The molecule has 1 aromatic carbocycles. The standard InChI is InChI=1S/C13H17NO3S/c1-9-3-5-11(6-4-9)14-12(15)8-18-7-10(2)13(16)17/h3-6,10H,7-8H2,1-2H3,(H,14,15)(H,16,17). The molecule has 0 bridgehead atoms. The number of nitrogens with one attached hydrogen (secondary N) is 1. The molecule has 1 unspecified atom stereocenters. The molecule has 98 valence electrons. The number of amides is 1. The first-order valence-electron chi connectivity index (χ1n) is 5.66. The summed E-state index contributed by atoms with van der Waals surface area (Å²) < 4.78 is 0. The number of carboxylic acid groups (broad SMARTS) is 1. The molecule has 5 heteroatoms. The molecule has 0 saturated carbocycles. The zero-order valence-corrected chi connectivity index (χ0v) is 11.3. The fourth-order valence-electron chi connectivity index (χ4n) is 1.23. The van der Waals surface area contributed by atoms with Crippen LogP contribution in [0.15, 0.2) is 24.3 Å². The van der Waals surface area contributed by atoms with Gasteiger partial charge in [-0.15, -0.1) is 0 Å². The van der Waals surface area contributed by atoms with Crippen molar-refractivity contribution in [3.05, 3.63) is 29.8 Å². The summed E-state index contributed by atoms with van der Waals surface area (Å²) in [6.07, 6.45) is 0. The third-order valence-electron chi connectivity index (χ3n) is 2.36. The Morgan fingerprint density at radius 1 is 1.33 bits per heavy atom. The molecule has 0 heterocycles. The van der Waals surface area contributed by atoms with Crippen LogP contribution in [-0.2, 0) is 9.59 Å². The Morgan fingerprint density at radius 3 is 2.50 bits per heavy atom. The van der Waals surface area contributed by atoms with Crippen LogP contribution in [0.1, 0.15) is 12.5 Å². The molecule has 4 nitrogen and oxygen atoms in total. The van der Waals surface area contributed by atoms with Gasteiger partial charge in [0, 0.05) is 11.4 Å². The molecule has 0 aliphatic heterocycles. The van der Waals surface area contributed by atoms with Gasteiger partial charge in [0.15, 0.2) is 0 Å². The fourth-order valence-corrected chi connectivity index (χ4v) is 2.11. The van der Waals surface area contributed by atoms with Gasteiger partial charge in [0.1, 0.15) is 0 Å². The minimum absolute atomic E-state index is 0.110. The van der Waals surface area contributed by atoms with E-state index in [0.717, 1.165) is 11.3 Å². The zero-order chi connectivity index (χ0) is 13.5. The van der Waals surface area contributed by atoms with E-state index in [2.05, 4.69) is 5.32 Å². The van der Waals surface area contributed by atoms with Gasteiger partial charge in [-0.05, 0) is 19.1 Å². The van der Waals surface area contributed by atoms with Crippen LogP contribution in [0.4, 0.5) is 5.69 Å². The number of aliphatic carboxylic acids is 1. The minimum Gasteiger partial charge on any atom is -0.481 e. The van der Waals surface area contributed by atoms with Crippen molar-refractivity contribution >= 4 is 29.3 Å². The highest BCUT2D eigenvalue weighted by Gasteiger charge is 2.11. The lowest BCUT2D eigenvalue weighted by molar-refractivity contribution is -0.140. The second kappa shape index (κ2) is 7.06. The average molecular weight is 267 g/mol. The van der Waals surface area contributed by atoms with Gasteiger partial charge in [0.2, 0.25) is 5.91 Å². The van der Waals surface area contributed by atoms with Crippen molar-refractivity contribution in [2.45, 2.75) is 13.8 Å². The summed E-state index contributed by atoms with van der Waals surface area (Å²) in [5.41, 5.74) is 1.90. The van der Waals surface area contributed by atoms with Crippen LogP contribution < -0.4 is 5.32 Å². The number of carbonyl (C=O) groups excluding carboxylic acids is 1. The molecule has 2 N–H and O–H groups in total. The van der Waals surface area contributed by atoms with Crippen LogP contribution >= 0.6 is 11.8 Å². The summed E-state index contributed by atoms with van der Waals surface area (Å²) in [5, 5.41) is 11.5. The monoisotopic (exact) mass is 267 g/mol. The smallest absolute Gasteiger partial charge is 0.307 e. The highest BCUT2D eigenvalue weighted by Crippen LogP contribution is 2.11. The summed E-state index contributed by atoms with van der Waals surface area (Å²) >= 11 is 1.33. The zero-order valence-electron chi connectivity index (χ0n) is 10.5. The maximum atomic E-state index is 11.6. The van der Waals surface area contributed by atoms with Crippen LogP contribution in [0.5, 0.6) is 0 Å². The first kappa shape index (κ1) is 14.6. The fraction of sp³-hybridized carbons (Fsp3) is 0.385. The molecule has 1 amide bonds. The van der Waals surface area contributed by atoms with E-state index >= 15 is 0 Å². The summed E-state index contributed by atoms with van der Waals surface area (Å²) in [6, 6.07) is 7.54. The number of rotatable bonds is 6. The lowest BCUT2D eigenvalue weighted by Crippen LogP contribution is -2.17. The first-order valence-corrected chi connectivity index (χ1v) is 6.81. The van der Waals surface area contributed by atoms with Gasteiger partial charge in [-0.2, -0.15) is 11.8 Å². The van der Waals surface area contributed by atoms with Gasteiger partial charge in [-0.25, -0.2) is 0 Å². The van der Waals surface area contributed by atoms with Crippen LogP contribution in [-0.4, -0.2) is 28.5 Å². The lowest BCUT2D eigenvalue weighted by atomic mass is 10.2. The molecular weight excluding hydrogens is 250 g/mol. The van der Waals surface area contributed by atoms with Crippen molar-refractivity contribution in [2.75, 3.05) is 16.8 Å². The average Bonchev–Trinajstić information content (AvgIpc) is 2.32. The molecule has 0 aliphatic rings. The quantitative estimate of drug-likeness (QED) is 0.830. The van der Waals surface area contributed by atoms with Crippen molar-refractivity contribution in [2.24, 2.45) is 5.92 Å². The van der Waals surface area contributed by atoms with Crippen molar-refractivity contribution in [1.29, 1.82) is 0 Å². The summed E-state index contributed by atoms with van der Waals surface area (Å²) in [4.78, 5) is 22.2. The van der Waals surface area contributed by atoms with Crippen molar-refractivity contribution in [3.8, 4) is 0 Å². The molecule has 0 radical (unpaired) electrons. The largest absolute Gasteiger partial charge is 0.481 e. The van der Waals surface area contributed by atoms with Gasteiger partial charge in [0.25, 0.3) is 0 Å². The number of anilines is 1. The van der Waals surface area contributed by atoms with Crippen molar-refractivity contribution < 1.29 is 14.7 Å². The SMILES string of the molecule is Cc1ccc(NC(=O)CSCC(C)C(=O)O)cc1. The van der Waals surface area contributed by atoms with Gasteiger partial charge in [0.05, 0.1) is 11.7 Å². The van der Waals surface area contributed by atoms with Gasteiger partial charge < -0.3 is 10.4 Å². The summed E-state index contributed by atoms with van der Waals surface area (Å²) in [6.45, 7) is 3.61. The molecule has 0 spiro atoms. The van der Waals surface area contributed by atoms with E-state index in [-0.39, 0.29) is 11.7 Å². The molecule has 0 aromatic heterocycles. The highest BCUT2D eigenvalue weighted by molar-refractivity contribution is 8.00. The van der Waals surface area contributed by atoms with Crippen molar-refractivity contribution in [3.63, 3.8) is 0 Å². The Balaban J connectivity index is 2.30. The summed E-state index contributed by atoms with van der Waals surface area (Å²) in [7, 11) is 0. The van der Waals surface area contributed by atoms with Crippen LogP contribution in [0.3, 0.4) is 0 Å². The molecule has 1 aromatic rings. The molecule has 0 saturated heterocycles. The molecule has 1 rings (SSSR count). The Labute approximate surface area is 111 Å². The maximum absolute atomic E-state index is 11.6. The van der Waals surface area contributed by atoms with E-state index in [0.29, 0.717) is 5.75 Å².